The Morgan fingerprint density at radius 2 is 1.92 bits per heavy atom. The van der Waals surface area contributed by atoms with Crippen LogP contribution in [0.25, 0.3) is 22.3 Å². The van der Waals surface area contributed by atoms with Crippen LogP contribution in [0.5, 0.6) is 5.75 Å². The zero-order valence-corrected chi connectivity index (χ0v) is 30.3. The molecule has 0 bridgehead atoms. The zero-order valence-electron chi connectivity index (χ0n) is 30.3. The van der Waals surface area contributed by atoms with Crippen LogP contribution in [0.1, 0.15) is 62.3 Å². The summed E-state index contributed by atoms with van der Waals surface area (Å²) in [6, 6.07) is 5.57. The van der Waals surface area contributed by atoms with Crippen molar-refractivity contribution in [3.8, 4) is 17.1 Å². The minimum absolute atomic E-state index is 0.0792. The highest BCUT2D eigenvalue weighted by Crippen LogP contribution is 2.41. The number of amides is 2. The predicted molar refractivity (Wildman–Crippen MR) is 187 cm³/mol. The summed E-state index contributed by atoms with van der Waals surface area (Å²) >= 11 is 0. The van der Waals surface area contributed by atoms with Gasteiger partial charge in [-0.05, 0) is 58.1 Å². The van der Waals surface area contributed by atoms with E-state index in [2.05, 4.69) is 10.6 Å². The molecule has 0 saturated carbocycles. The fourth-order valence-corrected chi connectivity index (χ4v) is 6.38. The number of phenols is 1. The number of nitrogens with one attached hydrogen (secondary N) is 2. The quantitative estimate of drug-likeness (QED) is 0.0655. The third-order valence-corrected chi connectivity index (χ3v) is 9.21. The number of pyridine rings is 2. The van der Waals surface area contributed by atoms with Crippen LogP contribution in [-0.2, 0) is 58.6 Å². The highest BCUT2D eigenvalue weighted by molar-refractivity contribution is 5.91. The van der Waals surface area contributed by atoms with Crippen molar-refractivity contribution in [2.45, 2.75) is 83.8 Å². The van der Waals surface area contributed by atoms with Gasteiger partial charge in [0.15, 0.2) is 6.29 Å². The molecule has 3 aromatic rings. The van der Waals surface area contributed by atoms with Gasteiger partial charge in [-0.3, -0.25) is 9.59 Å². The first-order valence-corrected chi connectivity index (χ1v) is 17.3. The molecule has 2 amide bonds. The number of carbonyl (C=O) groups is 4. The van der Waals surface area contributed by atoms with E-state index < -0.39 is 60.1 Å². The summed E-state index contributed by atoms with van der Waals surface area (Å²) in [6.45, 7) is 4.08. The highest BCUT2D eigenvalue weighted by atomic mass is 16.6. The number of phenolic OH excluding ortho intramolecular Hbond substituents is 1. The standard InChI is InChI=1S/C36H45N5O12/c1-6-21(16-42)52-30(45)18-51-35(49)37-11-10-29(44)38-19(3)33(47)53-36(7-2)25-13-27-31-20(14-41(27)32(46)24(25)17-50-34(36)48)12-22-23(15-40(4)5)28(43)9-8-26(22)39-31/h8-9,12-13,19,21,30,42-43,45H,6-7,10-11,14-18H2,1-5H3,(H,37,49)(H,38,44)/t19-,21?,30?,36-/m0/s1. The molecule has 5 N–H and O–H groups in total. The van der Waals surface area contributed by atoms with E-state index in [1.54, 1.807) is 32.0 Å². The van der Waals surface area contributed by atoms with Crippen molar-refractivity contribution in [2.24, 2.45) is 0 Å². The third kappa shape index (κ3) is 8.12. The van der Waals surface area contributed by atoms with E-state index in [1.807, 2.05) is 25.1 Å². The predicted octanol–water partition coefficient (Wildman–Crippen LogP) is 1.12. The second-order valence-corrected chi connectivity index (χ2v) is 13.2. The van der Waals surface area contributed by atoms with Gasteiger partial charge in [0.25, 0.3) is 5.56 Å². The zero-order chi connectivity index (χ0) is 38.6. The summed E-state index contributed by atoms with van der Waals surface area (Å²) in [5.41, 5.74) is 0.898. The van der Waals surface area contributed by atoms with E-state index in [0.29, 0.717) is 35.4 Å². The number of ether oxygens (including phenoxy) is 4. The molecule has 286 valence electrons. The largest absolute Gasteiger partial charge is 0.508 e. The molecule has 2 aliphatic heterocycles. The third-order valence-electron chi connectivity index (χ3n) is 9.21. The Balaban J connectivity index is 1.29. The van der Waals surface area contributed by atoms with Gasteiger partial charge in [0.1, 0.15) is 25.0 Å². The lowest BCUT2D eigenvalue weighted by atomic mass is 9.85. The van der Waals surface area contributed by atoms with Crippen molar-refractivity contribution in [3.63, 3.8) is 0 Å². The molecule has 2 unspecified atom stereocenters. The van der Waals surface area contributed by atoms with Crippen LogP contribution in [0.4, 0.5) is 4.79 Å². The minimum Gasteiger partial charge on any atom is -0.508 e. The van der Waals surface area contributed by atoms with Gasteiger partial charge in [0.2, 0.25) is 11.5 Å². The molecule has 17 heteroatoms. The summed E-state index contributed by atoms with van der Waals surface area (Å²) in [5.74, 6) is -2.32. The van der Waals surface area contributed by atoms with Crippen molar-refractivity contribution in [1.82, 2.24) is 25.1 Å². The molecule has 0 radical (unpaired) electrons. The lowest BCUT2D eigenvalue weighted by Gasteiger charge is -2.36. The summed E-state index contributed by atoms with van der Waals surface area (Å²) in [6.07, 6.45) is -2.87. The summed E-state index contributed by atoms with van der Waals surface area (Å²) in [7, 11) is 3.78. The van der Waals surface area contributed by atoms with Crippen molar-refractivity contribution in [3.05, 3.63) is 56.9 Å². The van der Waals surface area contributed by atoms with Gasteiger partial charge >= 0.3 is 18.0 Å². The van der Waals surface area contributed by atoms with Gasteiger partial charge in [-0.25, -0.2) is 19.4 Å². The fourth-order valence-electron chi connectivity index (χ4n) is 6.38. The lowest BCUT2D eigenvalue weighted by Crippen LogP contribution is -2.50. The number of carbonyl (C=O) groups excluding carboxylic acids is 4. The average Bonchev–Trinajstić information content (AvgIpc) is 3.48. The Morgan fingerprint density at radius 1 is 1.17 bits per heavy atom. The maximum Gasteiger partial charge on any atom is 0.407 e. The van der Waals surface area contributed by atoms with Crippen LogP contribution >= 0.6 is 0 Å². The normalized spacial score (nSPS) is 17.6. The van der Waals surface area contributed by atoms with Gasteiger partial charge in [-0.15, -0.1) is 0 Å². The van der Waals surface area contributed by atoms with Gasteiger partial charge < -0.3 is 54.4 Å². The lowest BCUT2D eigenvalue weighted by molar-refractivity contribution is -0.190. The number of fused-ring (bicyclic) bond motifs is 5. The average molecular weight is 740 g/mol. The second kappa shape index (κ2) is 16.3. The van der Waals surface area contributed by atoms with Crippen LogP contribution in [-0.4, -0.2) is 106 Å². The number of cyclic esters (lactones) is 1. The SMILES string of the molecule is CCC(CO)OC(O)COC(=O)NCCC(=O)N[C@@H](C)C(=O)O[C@]1(CC)C(=O)OCc2c1cc1n(c2=O)Cc2cc3c(CN(C)C)c(O)ccc3nc2-1. The molecular weight excluding hydrogens is 694 g/mol. The number of hydrogen-bond donors (Lipinski definition) is 5. The first-order valence-electron chi connectivity index (χ1n) is 17.3. The van der Waals surface area contributed by atoms with Crippen molar-refractivity contribution < 1.29 is 53.4 Å². The first kappa shape index (κ1) is 39.1. The Morgan fingerprint density at radius 3 is 2.60 bits per heavy atom. The van der Waals surface area contributed by atoms with E-state index in [1.165, 1.54) is 11.5 Å². The second-order valence-electron chi connectivity index (χ2n) is 13.2. The summed E-state index contributed by atoms with van der Waals surface area (Å²) in [4.78, 5) is 72.1. The molecule has 4 atom stereocenters. The molecule has 0 saturated heterocycles. The number of aliphatic hydroxyl groups is 2. The van der Waals surface area contributed by atoms with Crippen LogP contribution in [0.15, 0.2) is 29.1 Å². The molecule has 53 heavy (non-hydrogen) atoms. The Labute approximate surface area is 304 Å². The molecular formula is C36H45N5O12. The number of benzene rings is 1. The molecule has 17 nitrogen and oxygen atoms in total. The number of alkyl carbamates (subject to hydrolysis) is 1. The van der Waals surface area contributed by atoms with E-state index >= 15 is 0 Å². The van der Waals surface area contributed by atoms with Crippen LogP contribution < -0.4 is 16.2 Å². The van der Waals surface area contributed by atoms with Gasteiger partial charge in [0.05, 0.1) is 41.7 Å². The van der Waals surface area contributed by atoms with Crippen molar-refractivity contribution in [2.75, 3.05) is 33.9 Å². The van der Waals surface area contributed by atoms with Crippen LogP contribution in [0, 0.1) is 0 Å². The number of aliphatic hydroxyl groups excluding tert-OH is 2. The van der Waals surface area contributed by atoms with Crippen LogP contribution in [0.2, 0.25) is 0 Å². The number of hydrogen-bond acceptors (Lipinski definition) is 14. The molecule has 0 spiro atoms. The number of nitrogens with zero attached hydrogens (tertiary/aromatic N) is 3. The smallest absolute Gasteiger partial charge is 0.407 e. The highest BCUT2D eigenvalue weighted by Gasteiger charge is 2.51. The van der Waals surface area contributed by atoms with Crippen LogP contribution in [0.3, 0.4) is 0 Å². The maximum absolute atomic E-state index is 13.9. The molecule has 1 aromatic carbocycles. The Bertz CT molecular complexity index is 1960. The van der Waals surface area contributed by atoms with Crippen molar-refractivity contribution >= 4 is 34.8 Å². The van der Waals surface area contributed by atoms with Gasteiger partial charge in [-0.1, -0.05) is 13.8 Å². The van der Waals surface area contributed by atoms with Gasteiger partial charge in [0, 0.05) is 41.6 Å². The van der Waals surface area contributed by atoms with E-state index in [0.717, 1.165) is 10.9 Å². The number of esters is 2. The van der Waals surface area contributed by atoms with Crippen molar-refractivity contribution in [1.29, 1.82) is 0 Å². The molecule has 0 fully saturated rings. The fraction of sp³-hybridized carbons (Fsp3) is 0.500. The monoisotopic (exact) mass is 739 g/mol. The van der Waals surface area contributed by atoms with E-state index in [-0.39, 0.29) is 56.0 Å². The molecule has 0 aliphatic carbocycles. The molecule has 2 aromatic heterocycles. The number of aromatic hydroxyl groups is 1. The van der Waals surface area contributed by atoms with E-state index in [4.69, 9.17) is 29.0 Å². The topological polar surface area (TPSA) is 228 Å². The summed E-state index contributed by atoms with van der Waals surface area (Å²) < 4.78 is 22.7. The Kier molecular flexibility index (Phi) is 12.0. The van der Waals surface area contributed by atoms with Gasteiger partial charge in [-0.2, -0.15) is 0 Å². The number of rotatable bonds is 15. The molecule has 2 aliphatic rings. The minimum atomic E-state index is -1.99. The number of aromatic nitrogens is 2. The molecule has 4 heterocycles. The first-order chi connectivity index (χ1) is 25.2. The summed E-state index contributed by atoms with van der Waals surface area (Å²) in [5, 5.41) is 35.1. The van der Waals surface area contributed by atoms with E-state index in [9.17, 15) is 34.2 Å². The maximum atomic E-state index is 13.9. The molecule has 5 rings (SSSR count). The Hall–Kier alpha value is -5.10.